The van der Waals surface area contributed by atoms with Gasteiger partial charge in [0.2, 0.25) is 10.0 Å². The molecule has 3 heterocycles. The van der Waals surface area contributed by atoms with Gasteiger partial charge in [-0.05, 0) is 23.1 Å². The summed E-state index contributed by atoms with van der Waals surface area (Å²) < 4.78 is 32.3. The van der Waals surface area contributed by atoms with E-state index in [1.54, 1.807) is 5.38 Å². The first kappa shape index (κ1) is 16.3. The van der Waals surface area contributed by atoms with Crippen LogP contribution in [0.1, 0.15) is 20.9 Å². The molecule has 0 unspecified atom stereocenters. The number of nitrogens with one attached hydrogen (secondary N) is 1. The lowest BCUT2D eigenvalue weighted by molar-refractivity contribution is 0.0602. The highest BCUT2D eigenvalue weighted by Gasteiger charge is 2.33. The quantitative estimate of drug-likeness (QED) is 0.713. The summed E-state index contributed by atoms with van der Waals surface area (Å²) in [6, 6.07) is 9.34. The summed E-state index contributed by atoms with van der Waals surface area (Å²) in [6.45, 7) is 0.663. The fraction of sp³-hybridized carbons (Fsp3) is 0.235. The van der Waals surface area contributed by atoms with Crippen molar-refractivity contribution in [1.29, 1.82) is 0 Å². The summed E-state index contributed by atoms with van der Waals surface area (Å²) in [6.07, 6.45) is 0.612. The number of fused-ring (bicyclic) bond motifs is 3. The maximum Gasteiger partial charge on any atom is 0.349 e. The van der Waals surface area contributed by atoms with Gasteiger partial charge in [-0.3, -0.25) is 0 Å². The molecule has 0 bridgehead atoms. The van der Waals surface area contributed by atoms with Gasteiger partial charge in [0.1, 0.15) is 9.77 Å². The van der Waals surface area contributed by atoms with Crippen LogP contribution in [0.4, 0.5) is 0 Å². The third-order valence-corrected chi connectivity index (χ3v) is 7.38. The molecule has 0 radical (unpaired) electrons. The molecule has 0 amide bonds. The number of para-hydroxylation sites is 1. The number of H-pyrrole nitrogens is 1. The summed E-state index contributed by atoms with van der Waals surface area (Å²) in [5.41, 5.74) is 3.09. The first-order chi connectivity index (χ1) is 12.0. The Hall–Kier alpha value is -2.16. The van der Waals surface area contributed by atoms with Gasteiger partial charge in [0.25, 0.3) is 0 Å². The van der Waals surface area contributed by atoms with Crippen molar-refractivity contribution in [3.63, 3.8) is 0 Å². The molecule has 2 aromatic heterocycles. The van der Waals surface area contributed by atoms with Gasteiger partial charge in [-0.25, -0.2) is 13.2 Å². The largest absolute Gasteiger partial charge is 0.465 e. The Morgan fingerprint density at radius 3 is 2.88 bits per heavy atom. The van der Waals surface area contributed by atoms with Crippen molar-refractivity contribution in [3.05, 3.63) is 51.8 Å². The van der Waals surface area contributed by atoms with E-state index in [0.717, 1.165) is 33.5 Å². The normalized spacial score (nSPS) is 15.2. The second-order valence-corrected chi connectivity index (χ2v) is 8.64. The number of benzene rings is 1. The van der Waals surface area contributed by atoms with E-state index in [9.17, 15) is 13.2 Å². The van der Waals surface area contributed by atoms with Gasteiger partial charge >= 0.3 is 5.97 Å². The van der Waals surface area contributed by atoms with E-state index in [4.69, 9.17) is 4.74 Å². The van der Waals surface area contributed by atoms with Crippen molar-refractivity contribution < 1.29 is 17.9 Å². The highest BCUT2D eigenvalue weighted by molar-refractivity contribution is 7.89. The number of rotatable bonds is 3. The molecule has 6 nitrogen and oxygen atoms in total. The Kier molecular flexibility index (Phi) is 3.90. The van der Waals surface area contributed by atoms with Crippen LogP contribution < -0.4 is 0 Å². The number of aromatic nitrogens is 1. The Morgan fingerprint density at radius 2 is 2.08 bits per heavy atom. The minimum atomic E-state index is -3.76. The Balaban J connectivity index is 1.74. The topological polar surface area (TPSA) is 79.5 Å². The van der Waals surface area contributed by atoms with Crippen molar-refractivity contribution >= 4 is 38.2 Å². The summed E-state index contributed by atoms with van der Waals surface area (Å²) in [5, 5.41) is 2.64. The van der Waals surface area contributed by atoms with Gasteiger partial charge in [-0.2, -0.15) is 4.31 Å². The number of sulfonamides is 1. The van der Waals surface area contributed by atoms with E-state index < -0.39 is 16.0 Å². The predicted molar refractivity (Wildman–Crippen MR) is 95.3 cm³/mol. The van der Waals surface area contributed by atoms with Gasteiger partial charge in [0, 0.05) is 36.1 Å². The van der Waals surface area contributed by atoms with Crippen LogP contribution in [0.5, 0.6) is 0 Å². The second-order valence-electron chi connectivity index (χ2n) is 5.82. The molecule has 8 heteroatoms. The van der Waals surface area contributed by atoms with Crippen LogP contribution in [0, 0.1) is 0 Å². The highest BCUT2D eigenvalue weighted by atomic mass is 32.2. The Morgan fingerprint density at radius 1 is 1.28 bits per heavy atom. The SMILES string of the molecule is COC(=O)c1sccc1S(=O)(=O)N1CCc2[nH]c3ccccc3c2C1. The van der Waals surface area contributed by atoms with Gasteiger partial charge in [0.15, 0.2) is 0 Å². The molecular formula is C17H16N2O4S2. The molecule has 0 fully saturated rings. The molecule has 1 aromatic carbocycles. The lowest BCUT2D eigenvalue weighted by Gasteiger charge is -2.26. The van der Waals surface area contributed by atoms with E-state index >= 15 is 0 Å². The molecule has 0 saturated heterocycles. The summed E-state index contributed by atoms with van der Waals surface area (Å²) in [4.78, 5) is 15.4. The molecular weight excluding hydrogens is 360 g/mol. The molecule has 1 N–H and O–H groups in total. The van der Waals surface area contributed by atoms with E-state index in [1.165, 1.54) is 17.5 Å². The standard InChI is InChI=1S/C17H16N2O4S2/c1-23-17(20)16-15(7-9-24-16)25(21,22)19-8-6-14-12(10-19)11-4-2-3-5-13(11)18-14/h2-5,7,9,18H,6,8,10H2,1H3. The van der Waals surface area contributed by atoms with E-state index in [0.29, 0.717) is 13.0 Å². The maximum absolute atomic E-state index is 13.1. The number of hydrogen-bond acceptors (Lipinski definition) is 5. The van der Waals surface area contributed by atoms with Gasteiger partial charge in [-0.15, -0.1) is 11.3 Å². The smallest absolute Gasteiger partial charge is 0.349 e. The fourth-order valence-corrected chi connectivity index (χ4v) is 5.95. The number of esters is 1. The first-order valence-electron chi connectivity index (χ1n) is 7.77. The molecule has 1 aliphatic rings. The minimum absolute atomic E-state index is 0.0210. The molecule has 1 aliphatic heterocycles. The number of carbonyl (C=O) groups is 1. The second kappa shape index (κ2) is 5.98. The first-order valence-corrected chi connectivity index (χ1v) is 10.1. The van der Waals surface area contributed by atoms with Crippen molar-refractivity contribution in [2.75, 3.05) is 13.7 Å². The van der Waals surface area contributed by atoms with Crippen LogP contribution >= 0.6 is 11.3 Å². The van der Waals surface area contributed by atoms with Crippen LogP contribution in [0.3, 0.4) is 0 Å². The monoisotopic (exact) mass is 376 g/mol. The number of carbonyl (C=O) groups excluding carboxylic acids is 1. The lowest BCUT2D eigenvalue weighted by atomic mass is 10.1. The van der Waals surface area contributed by atoms with Gasteiger partial charge < -0.3 is 9.72 Å². The number of ether oxygens (including phenoxy) is 1. The van der Waals surface area contributed by atoms with Crippen LogP contribution in [0.2, 0.25) is 0 Å². The molecule has 4 rings (SSSR count). The summed E-state index contributed by atoms with van der Waals surface area (Å²) in [5.74, 6) is -0.627. The summed E-state index contributed by atoms with van der Waals surface area (Å²) >= 11 is 1.08. The van der Waals surface area contributed by atoms with Gasteiger partial charge in [-0.1, -0.05) is 18.2 Å². The van der Waals surface area contributed by atoms with Crippen molar-refractivity contribution in [2.45, 2.75) is 17.9 Å². The van der Waals surface area contributed by atoms with Crippen molar-refractivity contribution in [3.8, 4) is 0 Å². The Bertz CT molecular complexity index is 1070. The number of aromatic amines is 1. The third-order valence-electron chi connectivity index (χ3n) is 4.47. The van der Waals surface area contributed by atoms with Crippen LogP contribution in [0.15, 0.2) is 40.6 Å². The average molecular weight is 376 g/mol. The minimum Gasteiger partial charge on any atom is -0.465 e. The predicted octanol–water partition coefficient (Wildman–Crippen LogP) is 2.76. The molecule has 0 saturated carbocycles. The highest BCUT2D eigenvalue weighted by Crippen LogP contribution is 2.32. The number of methoxy groups -OCH3 is 1. The Labute approximate surface area is 149 Å². The zero-order valence-electron chi connectivity index (χ0n) is 13.5. The van der Waals surface area contributed by atoms with Crippen LogP contribution in [-0.2, 0) is 27.7 Å². The number of hydrogen-bond donors (Lipinski definition) is 1. The zero-order valence-corrected chi connectivity index (χ0v) is 15.1. The summed E-state index contributed by atoms with van der Waals surface area (Å²) in [7, 11) is -2.52. The van der Waals surface area contributed by atoms with Crippen LogP contribution in [-0.4, -0.2) is 37.3 Å². The maximum atomic E-state index is 13.1. The number of thiophene rings is 1. The van der Waals surface area contributed by atoms with Gasteiger partial charge in [0.05, 0.1) is 7.11 Å². The molecule has 25 heavy (non-hydrogen) atoms. The number of nitrogens with zero attached hydrogens (tertiary/aromatic N) is 1. The van der Waals surface area contributed by atoms with Crippen molar-refractivity contribution in [1.82, 2.24) is 9.29 Å². The molecule has 130 valence electrons. The zero-order chi connectivity index (χ0) is 17.6. The van der Waals surface area contributed by atoms with Crippen molar-refractivity contribution in [2.24, 2.45) is 0 Å². The molecule has 3 aromatic rings. The van der Waals surface area contributed by atoms with E-state index in [-0.39, 0.29) is 16.3 Å². The van der Waals surface area contributed by atoms with E-state index in [2.05, 4.69) is 4.98 Å². The third kappa shape index (κ3) is 2.57. The molecule has 0 spiro atoms. The fourth-order valence-electron chi connectivity index (χ4n) is 3.23. The van der Waals surface area contributed by atoms with Crippen LogP contribution in [0.25, 0.3) is 10.9 Å². The molecule has 0 aliphatic carbocycles. The van der Waals surface area contributed by atoms with E-state index in [1.807, 2.05) is 24.3 Å². The lowest BCUT2D eigenvalue weighted by Crippen LogP contribution is -2.36. The molecule has 0 atom stereocenters. The average Bonchev–Trinajstić information content (AvgIpc) is 3.25.